The van der Waals surface area contributed by atoms with E-state index in [2.05, 4.69) is 4.99 Å². The molecule has 84 valence electrons. The van der Waals surface area contributed by atoms with Crippen LogP contribution in [0.3, 0.4) is 0 Å². The summed E-state index contributed by atoms with van der Waals surface area (Å²) in [5.74, 6) is -0.738. The van der Waals surface area contributed by atoms with Crippen LogP contribution in [0.25, 0.3) is 0 Å². The summed E-state index contributed by atoms with van der Waals surface area (Å²) in [6.07, 6.45) is 1.12. The highest BCUT2D eigenvalue weighted by Gasteiger charge is 2.25. The fourth-order valence-electron chi connectivity index (χ4n) is 1.85. The molecule has 4 heteroatoms. The van der Waals surface area contributed by atoms with E-state index in [1.165, 1.54) is 0 Å². The Morgan fingerprint density at radius 1 is 1.50 bits per heavy atom. The second kappa shape index (κ2) is 3.96. The minimum atomic E-state index is -0.901. The van der Waals surface area contributed by atoms with Crippen LogP contribution in [0.5, 0.6) is 5.75 Å². The van der Waals surface area contributed by atoms with Crippen molar-refractivity contribution in [1.82, 2.24) is 0 Å². The molecule has 1 atom stereocenters. The van der Waals surface area contributed by atoms with Crippen molar-refractivity contribution < 1.29 is 15.0 Å². The fraction of sp³-hybridized carbons (Fsp3) is 0.333. The molecule has 1 aromatic carbocycles. The maximum absolute atomic E-state index is 10.8. The van der Waals surface area contributed by atoms with E-state index in [0.717, 1.165) is 5.56 Å². The molecule has 0 radical (unpaired) electrons. The van der Waals surface area contributed by atoms with Crippen molar-refractivity contribution in [1.29, 1.82) is 0 Å². The Morgan fingerprint density at radius 2 is 2.25 bits per heavy atom. The number of carboxylic acid groups (broad SMARTS) is 1. The van der Waals surface area contributed by atoms with Crippen LogP contribution in [0.2, 0.25) is 0 Å². The van der Waals surface area contributed by atoms with E-state index in [1.807, 2.05) is 19.1 Å². The third-order valence-electron chi connectivity index (χ3n) is 2.71. The number of benzene rings is 1. The van der Waals surface area contributed by atoms with E-state index in [-0.39, 0.29) is 5.75 Å². The molecule has 0 spiro atoms. The molecule has 2 N–H and O–H groups in total. The number of hydrogen-bond acceptors (Lipinski definition) is 3. The number of nitrogens with zero attached hydrogens (tertiary/aromatic N) is 1. The van der Waals surface area contributed by atoms with E-state index in [1.54, 1.807) is 6.07 Å². The van der Waals surface area contributed by atoms with Crippen LogP contribution in [0, 0.1) is 6.92 Å². The molecular weight excluding hydrogens is 206 g/mol. The van der Waals surface area contributed by atoms with E-state index >= 15 is 0 Å². The van der Waals surface area contributed by atoms with Gasteiger partial charge in [0.1, 0.15) is 11.8 Å². The van der Waals surface area contributed by atoms with Gasteiger partial charge in [0, 0.05) is 11.3 Å². The van der Waals surface area contributed by atoms with Gasteiger partial charge in [-0.2, -0.15) is 0 Å². The Hall–Kier alpha value is -1.84. The third-order valence-corrected chi connectivity index (χ3v) is 2.71. The average Bonchev–Trinajstić information content (AvgIpc) is 2.70. The van der Waals surface area contributed by atoms with Crippen LogP contribution >= 0.6 is 0 Å². The van der Waals surface area contributed by atoms with Gasteiger partial charge in [-0.25, -0.2) is 4.79 Å². The number of phenolic OH excluding ortho intramolecular Hbond substituents is 1. The SMILES string of the molecule is Cc1ccc(O)c(C2=N[C@@H](C(=O)O)CC2)c1. The van der Waals surface area contributed by atoms with Gasteiger partial charge in [0.25, 0.3) is 0 Å². The minimum absolute atomic E-state index is 0.162. The van der Waals surface area contributed by atoms with Crippen LogP contribution < -0.4 is 0 Å². The molecule has 1 aliphatic heterocycles. The van der Waals surface area contributed by atoms with Gasteiger partial charge in [0.15, 0.2) is 0 Å². The lowest BCUT2D eigenvalue weighted by Gasteiger charge is -2.04. The molecule has 0 unspecified atom stereocenters. The van der Waals surface area contributed by atoms with Crippen LogP contribution in [0.4, 0.5) is 0 Å². The summed E-state index contributed by atoms with van der Waals surface area (Å²) in [5.41, 5.74) is 2.37. The standard InChI is InChI=1S/C12H13NO3/c1-7-2-5-11(14)8(6-7)9-3-4-10(13-9)12(15)16/h2,5-6,10,14H,3-4H2,1H3,(H,15,16)/t10-/m1/s1. The van der Waals surface area contributed by atoms with Gasteiger partial charge in [0.2, 0.25) is 0 Å². The summed E-state index contributed by atoms with van der Waals surface area (Å²) in [6.45, 7) is 1.92. The van der Waals surface area contributed by atoms with Crippen molar-refractivity contribution in [3.05, 3.63) is 29.3 Å². The lowest BCUT2D eigenvalue weighted by Crippen LogP contribution is -2.13. The Morgan fingerprint density at radius 3 is 2.88 bits per heavy atom. The summed E-state index contributed by atoms with van der Waals surface area (Å²) in [7, 11) is 0. The molecule has 0 bridgehead atoms. The van der Waals surface area contributed by atoms with Crippen LogP contribution in [-0.4, -0.2) is 27.9 Å². The number of rotatable bonds is 2. The number of carboxylic acids is 1. The normalized spacial score (nSPS) is 19.6. The first kappa shape index (κ1) is 10.7. The molecule has 0 aliphatic carbocycles. The summed E-state index contributed by atoms with van der Waals surface area (Å²) in [4.78, 5) is 14.9. The Balaban J connectivity index is 2.35. The molecule has 0 saturated heterocycles. The third kappa shape index (κ3) is 1.91. The van der Waals surface area contributed by atoms with Gasteiger partial charge >= 0.3 is 5.97 Å². The molecule has 0 fully saturated rings. The average molecular weight is 219 g/mol. The first-order chi connectivity index (χ1) is 7.58. The predicted molar refractivity (Wildman–Crippen MR) is 60.0 cm³/mol. The molecule has 1 heterocycles. The highest BCUT2D eigenvalue weighted by atomic mass is 16.4. The number of aliphatic imine (C=N–C) groups is 1. The molecule has 16 heavy (non-hydrogen) atoms. The van der Waals surface area contributed by atoms with Crippen molar-refractivity contribution >= 4 is 11.7 Å². The van der Waals surface area contributed by atoms with Crippen molar-refractivity contribution in [2.75, 3.05) is 0 Å². The molecule has 0 amide bonds. The smallest absolute Gasteiger partial charge is 0.328 e. The molecule has 2 rings (SSSR count). The van der Waals surface area contributed by atoms with E-state index in [9.17, 15) is 9.90 Å². The van der Waals surface area contributed by atoms with Gasteiger partial charge in [-0.15, -0.1) is 0 Å². The molecule has 0 aromatic heterocycles. The van der Waals surface area contributed by atoms with Crippen molar-refractivity contribution in [3.63, 3.8) is 0 Å². The molecular formula is C12H13NO3. The van der Waals surface area contributed by atoms with Gasteiger partial charge in [-0.1, -0.05) is 11.6 Å². The van der Waals surface area contributed by atoms with Gasteiger partial charge in [-0.05, 0) is 31.9 Å². The maximum Gasteiger partial charge on any atom is 0.328 e. The zero-order chi connectivity index (χ0) is 11.7. The first-order valence-electron chi connectivity index (χ1n) is 5.17. The van der Waals surface area contributed by atoms with Gasteiger partial charge in [0.05, 0.1) is 0 Å². The first-order valence-corrected chi connectivity index (χ1v) is 5.17. The maximum atomic E-state index is 10.8. The largest absolute Gasteiger partial charge is 0.507 e. The van der Waals surface area contributed by atoms with Crippen molar-refractivity contribution in [2.24, 2.45) is 4.99 Å². The Kier molecular flexibility index (Phi) is 2.64. The topological polar surface area (TPSA) is 69.9 Å². The lowest BCUT2D eigenvalue weighted by molar-refractivity contribution is -0.138. The Bertz CT molecular complexity index is 465. The Labute approximate surface area is 93.3 Å². The monoisotopic (exact) mass is 219 g/mol. The number of phenols is 1. The molecule has 1 aromatic rings. The quantitative estimate of drug-likeness (QED) is 0.795. The number of aromatic hydroxyl groups is 1. The van der Waals surface area contributed by atoms with Crippen molar-refractivity contribution in [2.45, 2.75) is 25.8 Å². The van der Waals surface area contributed by atoms with E-state index < -0.39 is 12.0 Å². The highest BCUT2D eigenvalue weighted by Crippen LogP contribution is 2.25. The molecule has 0 saturated carbocycles. The number of aryl methyl sites for hydroxylation is 1. The van der Waals surface area contributed by atoms with E-state index in [4.69, 9.17) is 5.11 Å². The van der Waals surface area contributed by atoms with Crippen LogP contribution in [-0.2, 0) is 4.79 Å². The summed E-state index contributed by atoms with van der Waals surface area (Å²) < 4.78 is 0. The second-order valence-electron chi connectivity index (χ2n) is 3.99. The van der Waals surface area contributed by atoms with Crippen molar-refractivity contribution in [3.8, 4) is 5.75 Å². The van der Waals surface area contributed by atoms with Gasteiger partial charge in [-0.3, -0.25) is 4.99 Å². The summed E-state index contributed by atoms with van der Waals surface area (Å²) in [6, 6.07) is 4.60. The second-order valence-corrected chi connectivity index (χ2v) is 3.99. The van der Waals surface area contributed by atoms with Crippen LogP contribution in [0.15, 0.2) is 23.2 Å². The summed E-state index contributed by atoms with van der Waals surface area (Å²) in [5, 5.41) is 18.5. The predicted octanol–water partition coefficient (Wildman–Crippen LogP) is 1.74. The molecule has 4 nitrogen and oxygen atoms in total. The minimum Gasteiger partial charge on any atom is -0.507 e. The fourth-order valence-corrected chi connectivity index (χ4v) is 1.85. The van der Waals surface area contributed by atoms with Gasteiger partial charge < -0.3 is 10.2 Å². The highest BCUT2D eigenvalue weighted by molar-refractivity contribution is 6.05. The number of carbonyl (C=O) groups is 1. The number of hydrogen-bond donors (Lipinski definition) is 2. The summed E-state index contributed by atoms with van der Waals surface area (Å²) >= 11 is 0. The molecule has 1 aliphatic rings. The zero-order valence-electron chi connectivity index (χ0n) is 8.97. The van der Waals surface area contributed by atoms with E-state index in [0.29, 0.717) is 24.1 Å². The lowest BCUT2D eigenvalue weighted by atomic mass is 10.0. The van der Waals surface area contributed by atoms with Crippen LogP contribution in [0.1, 0.15) is 24.0 Å². The zero-order valence-corrected chi connectivity index (χ0v) is 8.97. The number of aliphatic carboxylic acids is 1.